The van der Waals surface area contributed by atoms with Gasteiger partial charge in [-0.05, 0) is 47.6 Å². The van der Waals surface area contributed by atoms with Gasteiger partial charge >= 0.3 is 5.69 Å². The summed E-state index contributed by atoms with van der Waals surface area (Å²) in [5, 5.41) is 0. The van der Waals surface area contributed by atoms with E-state index in [2.05, 4.69) is 47.9 Å². The first-order valence-corrected chi connectivity index (χ1v) is 8.23. The lowest BCUT2D eigenvalue weighted by molar-refractivity contribution is 0.395. The van der Waals surface area contributed by atoms with Crippen molar-refractivity contribution in [2.75, 3.05) is 7.11 Å². The fourth-order valence-corrected chi connectivity index (χ4v) is 2.91. The minimum atomic E-state index is -0.175. The van der Waals surface area contributed by atoms with E-state index < -0.39 is 0 Å². The van der Waals surface area contributed by atoms with Crippen molar-refractivity contribution in [3.63, 3.8) is 0 Å². The molecule has 1 atom stereocenters. The second-order valence-corrected chi connectivity index (χ2v) is 6.58. The standard InChI is InChI=1S/C19H23N3O2/c1-11(2)14-8-15(20-18(10-14)24-4)7-12(3)13-5-6-16-17(9-13)22-19(23)21-16/h5-6,8-12H,7H2,1-4H3,(H2,21,22,23). The van der Waals surface area contributed by atoms with Gasteiger partial charge < -0.3 is 14.7 Å². The average molecular weight is 325 g/mol. The maximum Gasteiger partial charge on any atom is 0.323 e. The molecule has 0 aliphatic carbocycles. The summed E-state index contributed by atoms with van der Waals surface area (Å²) in [5.41, 5.74) is 4.92. The van der Waals surface area contributed by atoms with Gasteiger partial charge in [0.1, 0.15) is 0 Å². The highest BCUT2D eigenvalue weighted by atomic mass is 16.5. The van der Waals surface area contributed by atoms with E-state index in [0.29, 0.717) is 11.8 Å². The molecule has 2 N–H and O–H groups in total. The molecule has 0 aliphatic rings. The molecule has 0 saturated carbocycles. The Balaban J connectivity index is 1.88. The Morgan fingerprint density at radius 3 is 2.50 bits per heavy atom. The van der Waals surface area contributed by atoms with Crippen LogP contribution in [0.25, 0.3) is 11.0 Å². The number of aromatic amines is 2. The van der Waals surface area contributed by atoms with Crippen LogP contribution in [0.2, 0.25) is 0 Å². The van der Waals surface area contributed by atoms with E-state index in [1.807, 2.05) is 18.2 Å². The molecule has 126 valence electrons. The van der Waals surface area contributed by atoms with Gasteiger partial charge in [-0.25, -0.2) is 9.78 Å². The highest BCUT2D eigenvalue weighted by molar-refractivity contribution is 5.75. The number of ether oxygens (including phenoxy) is 1. The van der Waals surface area contributed by atoms with Crippen molar-refractivity contribution >= 4 is 11.0 Å². The number of imidazole rings is 1. The van der Waals surface area contributed by atoms with Gasteiger partial charge in [0.2, 0.25) is 5.88 Å². The van der Waals surface area contributed by atoms with Crippen LogP contribution in [0.3, 0.4) is 0 Å². The maximum atomic E-state index is 11.4. The fraction of sp³-hybridized carbons (Fsp3) is 0.368. The normalized spacial score (nSPS) is 12.7. The Bertz CT molecular complexity index is 908. The molecule has 1 unspecified atom stereocenters. The SMILES string of the molecule is COc1cc(C(C)C)cc(CC(C)c2ccc3[nH]c(=O)[nH]c3c2)n1. The molecule has 0 radical (unpaired) electrons. The molecule has 0 amide bonds. The molecule has 24 heavy (non-hydrogen) atoms. The summed E-state index contributed by atoms with van der Waals surface area (Å²) in [7, 11) is 1.65. The van der Waals surface area contributed by atoms with E-state index in [-0.39, 0.29) is 11.6 Å². The highest BCUT2D eigenvalue weighted by Gasteiger charge is 2.12. The third-order valence-electron chi connectivity index (χ3n) is 4.38. The van der Waals surface area contributed by atoms with Crippen LogP contribution in [0.4, 0.5) is 0 Å². The average Bonchev–Trinajstić information content (AvgIpc) is 2.93. The van der Waals surface area contributed by atoms with Crippen molar-refractivity contribution < 1.29 is 4.74 Å². The number of methoxy groups -OCH3 is 1. The molecule has 5 nitrogen and oxygen atoms in total. The zero-order valence-corrected chi connectivity index (χ0v) is 14.5. The maximum absolute atomic E-state index is 11.4. The third-order valence-corrected chi connectivity index (χ3v) is 4.38. The summed E-state index contributed by atoms with van der Waals surface area (Å²) in [6, 6.07) is 10.2. The van der Waals surface area contributed by atoms with Gasteiger partial charge in [-0.1, -0.05) is 26.8 Å². The molecule has 3 aromatic rings. The molecule has 0 bridgehead atoms. The van der Waals surface area contributed by atoms with E-state index in [1.165, 1.54) is 11.1 Å². The van der Waals surface area contributed by atoms with Crippen LogP contribution in [-0.4, -0.2) is 22.1 Å². The Morgan fingerprint density at radius 1 is 1.04 bits per heavy atom. The predicted octanol–water partition coefficient (Wildman–Crippen LogP) is 3.73. The summed E-state index contributed by atoms with van der Waals surface area (Å²) in [6.45, 7) is 6.50. The van der Waals surface area contributed by atoms with Crippen LogP contribution in [0.1, 0.15) is 49.4 Å². The third kappa shape index (κ3) is 3.35. The van der Waals surface area contributed by atoms with Gasteiger partial charge in [-0.15, -0.1) is 0 Å². The van der Waals surface area contributed by atoms with Crippen molar-refractivity contribution in [2.45, 2.75) is 39.0 Å². The number of benzene rings is 1. The van der Waals surface area contributed by atoms with Gasteiger partial charge in [0.15, 0.2) is 0 Å². The molecule has 0 fully saturated rings. The number of aromatic nitrogens is 3. The second-order valence-electron chi connectivity index (χ2n) is 6.58. The molecule has 3 rings (SSSR count). The Hall–Kier alpha value is -2.56. The Labute approximate surface area is 141 Å². The number of H-pyrrole nitrogens is 2. The van der Waals surface area contributed by atoms with Crippen LogP contribution in [0.15, 0.2) is 35.1 Å². The molecular weight excluding hydrogens is 302 g/mol. The first-order chi connectivity index (χ1) is 11.5. The van der Waals surface area contributed by atoms with Crippen LogP contribution in [-0.2, 0) is 6.42 Å². The highest BCUT2D eigenvalue weighted by Crippen LogP contribution is 2.26. The lowest BCUT2D eigenvalue weighted by Gasteiger charge is -2.15. The number of nitrogens with zero attached hydrogens (tertiary/aromatic N) is 1. The van der Waals surface area contributed by atoms with Crippen LogP contribution >= 0.6 is 0 Å². The first-order valence-electron chi connectivity index (χ1n) is 8.23. The van der Waals surface area contributed by atoms with Crippen molar-refractivity contribution in [3.8, 4) is 5.88 Å². The van der Waals surface area contributed by atoms with Crippen molar-refractivity contribution in [1.29, 1.82) is 0 Å². The van der Waals surface area contributed by atoms with E-state index >= 15 is 0 Å². The molecule has 2 aromatic heterocycles. The number of fused-ring (bicyclic) bond motifs is 1. The molecular formula is C19H23N3O2. The van der Waals surface area contributed by atoms with E-state index in [9.17, 15) is 4.79 Å². The monoisotopic (exact) mass is 325 g/mol. The molecule has 0 saturated heterocycles. The van der Waals surface area contributed by atoms with Crippen molar-refractivity contribution in [3.05, 3.63) is 57.6 Å². The zero-order chi connectivity index (χ0) is 17.3. The molecule has 5 heteroatoms. The molecule has 1 aromatic carbocycles. The van der Waals surface area contributed by atoms with E-state index in [1.54, 1.807) is 7.11 Å². The quantitative estimate of drug-likeness (QED) is 0.751. The molecule has 0 aliphatic heterocycles. The van der Waals surface area contributed by atoms with Crippen LogP contribution in [0.5, 0.6) is 5.88 Å². The van der Waals surface area contributed by atoms with Crippen LogP contribution < -0.4 is 10.4 Å². The van der Waals surface area contributed by atoms with Gasteiger partial charge in [0.05, 0.1) is 18.1 Å². The minimum Gasteiger partial charge on any atom is -0.481 e. The summed E-state index contributed by atoms with van der Waals surface area (Å²) >= 11 is 0. The topological polar surface area (TPSA) is 70.8 Å². The lowest BCUT2D eigenvalue weighted by atomic mass is 9.94. The summed E-state index contributed by atoms with van der Waals surface area (Å²) in [6.07, 6.45) is 0.817. The number of pyridine rings is 1. The number of hydrogen-bond donors (Lipinski definition) is 2. The largest absolute Gasteiger partial charge is 0.481 e. The number of hydrogen-bond acceptors (Lipinski definition) is 3. The van der Waals surface area contributed by atoms with E-state index in [4.69, 9.17) is 4.74 Å². The second kappa shape index (κ2) is 6.51. The lowest BCUT2D eigenvalue weighted by Crippen LogP contribution is -2.03. The first kappa shape index (κ1) is 16.3. The fourth-order valence-electron chi connectivity index (χ4n) is 2.91. The summed E-state index contributed by atoms with van der Waals surface area (Å²) < 4.78 is 5.34. The molecule has 0 spiro atoms. The van der Waals surface area contributed by atoms with Gasteiger partial charge in [-0.2, -0.15) is 0 Å². The summed E-state index contributed by atoms with van der Waals surface area (Å²) in [5.74, 6) is 1.37. The van der Waals surface area contributed by atoms with Crippen LogP contribution in [0, 0.1) is 0 Å². The Morgan fingerprint density at radius 2 is 1.79 bits per heavy atom. The molecule has 2 heterocycles. The van der Waals surface area contributed by atoms with E-state index in [0.717, 1.165) is 23.1 Å². The van der Waals surface area contributed by atoms with Gasteiger partial charge in [-0.3, -0.25) is 0 Å². The summed E-state index contributed by atoms with van der Waals surface area (Å²) in [4.78, 5) is 21.6. The van der Waals surface area contributed by atoms with Crippen molar-refractivity contribution in [2.24, 2.45) is 0 Å². The Kier molecular flexibility index (Phi) is 4.42. The smallest absolute Gasteiger partial charge is 0.323 e. The van der Waals surface area contributed by atoms with Gasteiger partial charge in [0, 0.05) is 11.8 Å². The van der Waals surface area contributed by atoms with Crippen molar-refractivity contribution in [1.82, 2.24) is 15.0 Å². The minimum absolute atomic E-state index is 0.175. The predicted molar refractivity (Wildman–Crippen MR) is 95.9 cm³/mol. The van der Waals surface area contributed by atoms with Gasteiger partial charge in [0.25, 0.3) is 0 Å². The zero-order valence-electron chi connectivity index (χ0n) is 14.5. The number of rotatable bonds is 5. The number of nitrogens with one attached hydrogen (secondary N) is 2.